The van der Waals surface area contributed by atoms with E-state index in [1.165, 1.54) is 16.6 Å². The summed E-state index contributed by atoms with van der Waals surface area (Å²) < 4.78 is 2.29. The predicted octanol–water partition coefficient (Wildman–Crippen LogP) is 10.9. The van der Waals surface area contributed by atoms with Crippen LogP contribution >= 0.6 is 0 Å². The van der Waals surface area contributed by atoms with Crippen molar-refractivity contribution in [3.63, 3.8) is 0 Å². The minimum atomic E-state index is 0.418. The SMILES string of the molecule is C1=CCC2C=CN(c3cc(-c4ccc(-c5nc(-c6ccccc6)cc(-c6ccccc6)n5)cc4)cc(-n4ccc5ccccc54)c3)C2=C1. The molecule has 2 aromatic heterocycles. The van der Waals surface area contributed by atoms with Crippen LogP contribution in [-0.2, 0) is 0 Å². The standard InChI is InChI=1S/C44H32N4/c1-3-11-32(12-4-1)40-30-41(33-13-5-2-6-14-33)46-44(45-40)36-21-19-31(20-22-36)37-27-38(47-25-23-34-15-7-9-17-42(34)47)29-39(28-37)48-26-24-35-16-8-10-18-43(35)48/h1-15,17-30,35H,16H2. The Morgan fingerprint density at radius 2 is 1.23 bits per heavy atom. The Balaban J connectivity index is 1.14. The van der Waals surface area contributed by atoms with Gasteiger partial charge in [-0.2, -0.15) is 0 Å². The number of hydrogen-bond acceptors (Lipinski definition) is 3. The third kappa shape index (κ3) is 5.14. The van der Waals surface area contributed by atoms with Crippen LogP contribution in [0.4, 0.5) is 5.69 Å². The third-order valence-electron chi connectivity index (χ3n) is 9.32. The Hall–Kier alpha value is -6.26. The molecule has 4 nitrogen and oxygen atoms in total. The van der Waals surface area contributed by atoms with Gasteiger partial charge < -0.3 is 9.47 Å². The van der Waals surface area contributed by atoms with Gasteiger partial charge in [-0.3, -0.25) is 0 Å². The van der Waals surface area contributed by atoms with Crippen molar-refractivity contribution in [3.8, 4) is 50.7 Å². The van der Waals surface area contributed by atoms with Gasteiger partial charge >= 0.3 is 0 Å². The molecule has 0 bridgehead atoms. The molecule has 228 valence electrons. The third-order valence-corrected chi connectivity index (χ3v) is 9.32. The minimum Gasteiger partial charge on any atom is -0.321 e. The summed E-state index contributed by atoms with van der Waals surface area (Å²) in [7, 11) is 0. The minimum absolute atomic E-state index is 0.418. The molecule has 1 unspecified atom stereocenters. The van der Waals surface area contributed by atoms with Crippen molar-refractivity contribution < 1.29 is 0 Å². The number of hydrogen-bond donors (Lipinski definition) is 0. The van der Waals surface area contributed by atoms with E-state index in [9.17, 15) is 0 Å². The van der Waals surface area contributed by atoms with E-state index in [4.69, 9.17) is 9.97 Å². The molecular weight excluding hydrogens is 585 g/mol. The van der Waals surface area contributed by atoms with Crippen molar-refractivity contribution in [2.75, 3.05) is 4.90 Å². The summed E-state index contributed by atoms with van der Waals surface area (Å²) in [6.45, 7) is 0. The molecule has 4 heteroatoms. The number of aromatic nitrogens is 3. The van der Waals surface area contributed by atoms with Gasteiger partial charge in [-0.25, -0.2) is 9.97 Å². The van der Waals surface area contributed by atoms with Crippen LogP contribution in [0.3, 0.4) is 0 Å². The summed E-state index contributed by atoms with van der Waals surface area (Å²) in [5, 5.41) is 1.22. The van der Waals surface area contributed by atoms with Crippen LogP contribution in [0.25, 0.3) is 61.6 Å². The molecule has 5 aromatic carbocycles. The van der Waals surface area contributed by atoms with Crippen LogP contribution < -0.4 is 4.90 Å². The second-order valence-corrected chi connectivity index (χ2v) is 12.3. The van der Waals surface area contributed by atoms with E-state index >= 15 is 0 Å². The fourth-order valence-electron chi connectivity index (χ4n) is 6.83. The van der Waals surface area contributed by atoms with Crippen molar-refractivity contribution >= 4 is 16.6 Å². The number of fused-ring (bicyclic) bond motifs is 2. The highest BCUT2D eigenvalue weighted by molar-refractivity contribution is 5.84. The summed E-state index contributed by atoms with van der Waals surface area (Å²) in [6.07, 6.45) is 14.4. The molecule has 7 aromatic rings. The van der Waals surface area contributed by atoms with Crippen molar-refractivity contribution in [1.82, 2.24) is 14.5 Å². The Bertz CT molecular complexity index is 2310. The Morgan fingerprint density at radius 1 is 0.562 bits per heavy atom. The van der Waals surface area contributed by atoms with E-state index in [0.29, 0.717) is 11.7 Å². The number of allylic oxidation sites excluding steroid dienone is 4. The maximum atomic E-state index is 5.04. The molecule has 3 heterocycles. The molecule has 0 saturated carbocycles. The smallest absolute Gasteiger partial charge is 0.160 e. The van der Waals surface area contributed by atoms with Gasteiger partial charge in [-0.1, -0.05) is 121 Å². The molecule has 0 saturated heterocycles. The first kappa shape index (κ1) is 28.0. The molecule has 0 amide bonds. The lowest BCUT2D eigenvalue weighted by Crippen LogP contribution is -2.16. The zero-order chi connectivity index (χ0) is 31.9. The van der Waals surface area contributed by atoms with E-state index in [0.717, 1.165) is 57.0 Å². The fraction of sp³-hybridized carbons (Fsp3) is 0.0455. The molecule has 1 aliphatic heterocycles. The molecule has 2 aliphatic rings. The first-order valence-electron chi connectivity index (χ1n) is 16.4. The maximum absolute atomic E-state index is 5.04. The quantitative estimate of drug-likeness (QED) is 0.186. The zero-order valence-electron chi connectivity index (χ0n) is 26.3. The van der Waals surface area contributed by atoms with Gasteiger partial charge in [0.05, 0.1) is 16.9 Å². The van der Waals surface area contributed by atoms with Gasteiger partial charge in [-0.15, -0.1) is 0 Å². The molecule has 0 radical (unpaired) electrons. The first-order chi connectivity index (χ1) is 23.8. The van der Waals surface area contributed by atoms with Crippen LogP contribution in [0.15, 0.2) is 182 Å². The summed E-state index contributed by atoms with van der Waals surface area (Å²) in [5.74, 6) is 1.13. The van der Waals surface area contributed by atoms with E-state index in [1.807, 2.05) is 36.4 Å². The Morgan fingerprint density at radius 3 is 1.98 bits per heavy atom. The summed E-state index contributed by atoms with van der Waals surface area (Å²) >= 11 is 0. The van der Waals surface area contributed by atoms with E-state index in [1.54, 1.807) is 0 Å². The highest BCUT2D eigenvalue weighted by Crippen LogP contribution is 2.39. The van der Waals surface area contributed by atoms with Gasteiger partial charge in [0.15, 0.2) is 5.82 Å². The van der Waals surface area contributed by atoms with Crippen LogP contribution in [0.2, 0.25) is 0 Å². The number of para-hydroxylation sites is 1. The lowest BCUT2D eigenvalue weighted by atomic mass is 9.98. The molecule has 0 N–H and O–H groups in total. The molecular formula is C44H32N4. The average Bonchev–Trinajstić information content (AvgIpc) is 3.80. The van der Waals surface area contributed by atoms with Gasteiger partial charge in [0.2, 0.25) is 0 Å². The van der Waals surface area contributed by atoms with Crippen LogP contribution in [-0.4, -0.2) is 14.5 Å². The van der Waals surface area contributed by atoms with E-state index in [-0.39, 0.29) is 0 Å². The largest absolute Gasteiger partial charge is 0.321 e. The Labute approximate surface area is 280 Å². The lowest BCUT2D eigenvalue weighted by molar-refractivity contribution is 0.775. The molecule has 1 aliphatic carbocycles. The first-order valence-corrected chi connectivity index (χ1v) is 16.4. The summed E-state index contributed by atoms with van der Waals surface area (Å²) in [5.41, 5.74) is 12.0. The van der Waals surface area contributed by atoms with Gasteiger partial charge in [0.1, 0.15) is 0 Å². The van der Waals surface area contributed by atoms with Gasteiger partial charge in [0.25, 0.3) is 0 Å². The van der Waals surface area contributed by atoms with E-state index in [2.05, 4.69) is 149 Å². The van der Waals surface area contributed by atoms with Crippen molar-refractivity contribution in [2.45, 2.75) is 6.42 Å². The van der Waals surface area contributed by atoms with Crippen LogP contribution in [0.1, 0.15) is 6.42 Å². The lowest BCUT2D eigenvalue weighted by Gasteiger charge is -2.25. The summed E-state index contributed by atoms with van der Waals surface area (Å²) in [6, 6.07) is 49.0. The van der Waals surface area contributed by atoms with E-state index < -0.39 is 0 Å². The molecule has 0 fully saturated rings. The van der Waals surface area contributed by atoms with Gasteiger partial charge in [-0.05, 0) is 65.4 Å². The number of rotatable bonds is 6. The van der Waals surface area contributed by atoms with Crippen LogP contribution in [0.5, 0.6) is 0 Å². The zero-order valence-corrected chi connectivity index (χ0v) is 26.3. The number of anilines is 1. The average molecular weight is 617 g/mol. The van der Waals surface area contributed by atoms with Crippen molar-refractivity contribution in [2.24, 2.45) is 5.92 Å². The van der Waals surface area contributed by atoms with Crippen LogP contribution in [0, 0.1) is 5.92 Å². The summed E-state index contributed by atoms with van der Waals surface area (Å²) in [4.78, 5) is 12.4. The normalized spacial score (nSPS) is 15.1. The fourth-order valence-corrected chi connectivity index (χ4v) is 6.83. The highest BCUT2D eigenvalue weighted by Gasteiger charge is 2.25. The second kappa shape index (κ2) is 11.8. The number of benzene rings is 5. The number of nitrogens with zero attached hydrogens (tertiary/aromatic N) is 4. The molecule has 48 heavy (non-hydrogen) atoms. The topological polar surface area (TPSA) is 34.0 Å². The Kier molecular flexibility index (Phi) is 6.90. The van der Waals surface area contributed by atoms with Crippen molar-refractivity contribution in [3.05, 3.63) is 182 Å². The van der Waals surface area contributed by atoms with Crippen molar-refractivity contribution in [1.29, 1.82) is 0 Å². The predicted molar refractivity (Wildman–Crippen MR) is 198 cm³/mol. The molecule has 1 atom stereocenters. The molecule has 0 spiro atoms. The maximum Gasteiger partial charge on any atom is 0.160 e. The second-order valence-electron chi connectivity index (χ2n) is 12.3. The molecule has 9 rings (SSSR count). The monoisotopic (exact) mass is 616 g/mol. The highest BCUT2D eigenvalue weighted by atomic mass is 15.1. The van der Waals surface area contributed by atoms with Gasteiger partial charge in [0, 0.05) is 52.1 Å².